The molecule has 0 aromatic heterocycles. The number of amides is 1. The van der Waals surface area contributed by atoms with Gasteiger partial charge in [-0.2, -0.15) is 0 Å². The number of nitrogens with one attached hydrogen (secondary N) is 1. The smallest absolute Gasteiger partial charge is 0.223 e. The molecule has 2 atom stereocenters. The molecule has 82 valence electrons. The number of piperidine rings is 1. The second-order valence-corrected chi connectivity index (χ2v) is 4.58. The molecule has 2 aliphatic rings. The first-order valence-electron chi connectivity index (χ1n) is 5.74. The van der Waals surface area contributed by atoms with Crippen LogP contribution in [0.1, 0.15) is 19.3 Å². The Bertz CT molecular complexity index is 276. The number of rotatable bonds is 2. The van der Waals surface area contributed by atoms with Gasteiger partial charge in [-0.1, -0.05) is 0 Å². The molecule has 0 aromatic rings. The largest absolute Gasteiger partial charge is 0.341 e. The Morgan fingerprint density at radius 3 is 3.07 bits per heavy atom. The molecule has 0 saturated carbocycles. The van der Waals surface area contributed by atoms with Crippen LogP contribution in [0.3, 0.4) is 0 Å². The Morgan fingerprint density at radius 2 is 2.47 bits per heavy atom. The van der Waals surface area contributed by atoms with Crippen molar-refractivity contribution in [1.82, 2.24) is 10.2 Å². The lowest BCUT2D eigenvalue weighted by atomic mass is 9.99. The van der Waals surface area contributed by atoms with Gasteiger partial charge in [-0.3, -0.25) is 4.79 Å². The van der Waals surface area contributed by atoms with E-state index in [1.54, 1.807) is 0 Å². The molecule has 3 heteroatoms. The summed E-state index contributed by atoms with van der Waals surface area (Å²) in [4.78, 5) is 13.6. The number of hydrogen-bond donors (Lipinski definition) is 1. The molecule has 2 unspecified atom stereocenters. The first-order valence-corrected chi connectivity index (χ1v) is 5.74. The standard InChI is InChI=1S/C12H18N2O/c1-2-10-6-12(15)14(8-10)9-11-4-3-5-13-7-11/h1,10-11,13H,3-9H2. The van der Waals surface area contributed by atoms with Gasteiger partial charge in [0.05, 0.1) is 0 Å². The van der Waals surface area contributed by atoms with Crippen LogP contribution in [0.25, 0.3) is 0 Å². The fraction of sp³-hybridized carbons (Fsp3) is 0.750. The highest BCUT2D eigenvalue weighted by atomic mass is 16.2. The lowest BCUT2D eigenvalue weighted by Gasteiger charge is -2.27. The third kappa shape index (κ3) is 2.51. The number of likely N-dealkylation sites (tertiary alicyclic amines) is 1. The van der Waals surface area contributed by atoms with E-state index in [0.29, 0.717) is 12.3 Å². The van der Waals surface area contributed by atoms with Crippen molar-refractivity contribution >= 4 is 5.91 Å². The highest BCUT2D eigenvalue weighted by Gasteiger charge is 2.30. The quantitative estimate of drug-likeness (QED) is 0.666. The summed E-state index contributed by atoms with van der Waals surface area (Å²) in [6.45, 7) is 3.83. The number of carbonyl (C=O) groups excluding carboxylic acids is 1. The lowest BCUT2D eigenvalue weighted by Crippen LogP contribution is -2.38. The Morgan fingerprint density at radius 1 is 1.60 bits per heavy atom. The van der Waals surface area contributed by atoms with Crippen molar-refractivity contribution in [2.75, 3.05) is 26.2 Å². The number of carbonyl (C=O) groups is 1. The summed E-state index contributed by atoms with van der Waals surface area (Å²) < 4.78 is 0. The predicted octanol–water partition coefficient (Wildman–Crippen LogP) is 0.468. The monoisotopic (exact) mass is 206 g/mol. The average molecular weight is 206 g/mol. The van der Waals surface area contributed by atoms with Crippen LogP contribution in [0.4, 0.5) is 0 Å². The molecule has 1 N–H and O–H groups in total. The van der Waals surface area contributed by atoms with E-state index in [0.717, 1.165) is 26.2 Å². The average Bonchev–Trinajstić information content (AvgIpc) is 2.61. The fourth-order valence-corrected chi connectivity index (χ4v) is 2.45. The number of nitrogens with zero attached hydrogens (tertiary/aromatic N) is 1. The van der Waals surface area contributed by atoms with Crippen molar-refractivity contribution in [3.8, 4) is 12.3 Å². The third-order valence-corrected chi connectivity index (χ3v) is 3.33. The molecule has 0 bridgehead atoms. The van der Waals surface area contributed by atoms with Gasteiger partial charge in [-0.25, -0.2) is 0 Å². The van der Waals surface area contributed by atoms with Crippen LogP contribution in [0, 0.1) is 24.2 Å². The summed E-state index contributed by atoms with van der Waals surface area (Å²) >= 11 is 0. The van der Waals surface area contributed by atoms with Crippen molar-refractivity contribution < 1.29 is 4.79 Å². The van der Waals surface area contributed by atoms with Gasteiger partial charge in [0.15, 0.2) is 0 Å². The van der Waals surface area contributed by atoms with Gasteiger partial charge in [0, 0.05) is 25.4 Å². The van der Waals surface area contributed by atoms with E-state index in [1.165, 1.54) is 12.8 Å². The first kappa shape index (κ1) is 10.5. The maximum Gasteiger partial charge on any atom is 0.223 e. The SMILES string of the molecule is C#CC1CC(=O)N(CC2CCCNC2)C1. The van der Waals surface area contributed by atoms with E-state index in [2.05, 4.69) is 11.2 Å². The minimum absolute atomic E-state index is 0.147. The lowest BCUT2D eigenvalue weighted by molar-refractivity contribution is -0.128. The van der Waals surface area contributed by atoms with Crippen LogP contribution in [0.2, 0.25) is 0 Å². The topological polar surface area (TPSA) is 32.3 Å². The molecule has 0 aromatic carbocycles. The second kappa shape index (κ2) is 4.67. The van der Waals surface area contributed by atoms with Crippen molar-refractivity contribution in [3.05, 3.63) is 0 Å². The number of terminal acetylenes is 1. The minimum Gasteiger partial charge on any atom is -0.341 e. The normalized spacial score (nSPS) is 31.7. The van der Waals surface area contributed by atoms with E-state index in [1.807, 2.05) is 4.90 Å². The highest BCUT2D eigenvalue weighted by Crippen LogP contribution is 2.20. The Balaban J connectivity index is 1.84. The molecule has 0 spiro atoms. The predicted molar refractivity (Wildman–Crippen MR) is 59.1 cm³/mol. The van der Waals surface area contributed by atoms with E-state index in [4.69, 9.17) is 6.42 Å². The zero-order valence-corrected chi connectivity index (χ0v) is 9.04. The van der Waals surface area contributed by atoms with Crippen LogP contribution >= 0.6 is 0 Å². The van der Waals surface area contributed by atoms with Gasteiger partial charge in [0.1, 0.15) is 0 Å². The molecular weight excluding hydrogens is 188 g/mol. The van der Waals surface area contributed by atoms with E-state index in [9.17, 15) is 4.79 Å². The molecule has 2 rings (SSSR count). The Labute approximate surface area is 91.2 Å². The fourth-order valence-electron chi connectivity index (χ4n) is 2.45. The molecule has 2 aliphatic heterocycles. The molecule has 0 aliphatic carbocycles. The number of hydrogen-bond acceptors (Lipinski definition) is 2. The maximum absolute atomic E-state index is 11.6. The van der Waals surface area contributed by atoms with Crippen LogP contribution < -0.4 is 5.32 Å². The summed E-state index contributed by atoms with van der Waals surface area (Å²) in [5, 5.41) is 3.37. The van der Waals surface area contributed by atoms with E-state index >= 15 is 0 Å². The highest BCUT2D eigenvalue weighted by molar-refractivity contribution is 5.79. The van der Waals surface area contributed by atoms with Crippen LogP contribution in [-0.4, -0.2) is 37.0 Å². The summed E-state index contributed by atoms with van der Waals surface area (Å²) in [7, 11) is 0. The van der Waals surface area contributed by atoms with Gasteiger partial charge in [-0.15, -0.1) is 12.3 Å². The summed E-state index contributed by atoms with van der Waals surface area (Å²) in [6.07, 6.45) is 8.36. The molecular formula is C12H18N2O. The van der Waals surface area contributed by atoms with Crippen molar-refractivity contribution in [2.45, 2.75) is 19.3 Å². The van der Waals surface area contributed by atoms with Crippen molar-refractivity contribution in [2.24, 2.45) is 11.8 Å². The molecule has 0 radical (unpaired) electrons. The van der Waals surface area contributed by atoms with Crippen molar-refractivity contribution in [3.63, 3.8) is 0 Å². The Hall–Kier alpha value is -1.01. The Kier molecular flexibility index (Phi) is 3.27. The van der Waals surface area contributed by atoms with Gasteiger partial charge < -0.3 is 10.2 Å². The third-order valence-electron chi connectivity index (χ3n) is 3.33. The molecule has 1 amide bonds. The van der Waals surface area contributed by atoms with Crippen LogP contribution in [0.5, 0.6) is 0 Å². The molecule has 2 saturated heterocycles. The minimum atomic E-state index is 0.147. The van der Waals surface area contributed by atoms with Gasteiger partial charge in [-0.05, 0) is 31.8 Å². The first-order chi connectivity index (χ1) is 7.29. The zero-order chi connectivity index (χ0) is 10.7. The molecule has 15 heavy (non-hydrogen) atoms. The second-order valence-electron chi connectivity index (χ2n) is 4.58. The van der Waals surface area contributed by atoms with E-state index < -0.39 is 0 Å². The van der Waals surface area contributed by atoms with E-state index in [-0.39, 0.29) is 11.8 Å². The van der Waals surface area contributed by atoms with Crippen molar-refractivity contribution in [1.29, 1.82) is 0 Å². The van der Waals surface area contributed by atoms with Gasteiger partial charge in [0.25, 0.3) is 0 Å². The summed E-state index contributed by atoms with van der Waals surface area (Å²) in [6, 6.07) is 0. The maximum atomic E-state index is 11.6. The molecule has 2 fully saturated rings. The zero-order valence-electron chi connectivity index (χ0n) is 9.04. The van der Waals surface area contributed by atoms with Crippen LogP contribution in [-0.2, 0) is 4.79 Å². The molecule has 2 heterocycles. The van der Waals surface area contributed by atoms with Gasteiger partial charge in [0.2, 0.25) is 5.91 Å². The van der Waals surface area contributed by atoms with Crippen LogP contribution in [0.15, 0.2) is 0 Å². The summed E-state index contributed by atoms with van der Waals surface area (Å²) in [5.74, 6) is 3.69. The molecule has 3 nitrogen and oxygen atoms in total. The van der Waals surface area contributed by atoms with Gasteiger partial charge >= 0.3 is 0 Å². The summed E-state index contributed by atoms with van der Waals surface area (Å²) in [5.41, 5.74) is 0.